The summed E-state index contributed by atoms with van der Waals surface area (Å²) in [4.78, 5) is 64.3. The zero-order valence-electron chi connectivity index (χ0n) is 27.5. The third-order valence-corrected chi connectivity index (χ3v) is 6.38. The highest BCUT2D eigenvalue weighted by atomic mass is 16.6. The lowest BCUT2D eigenvalue weighted by molar-refractivity contribution is -0.160. The summed E-state index contributed by atoms with van der Waals surface area (Å²) in [6, 6.07) is 16.1. The van der Waals surface area contributed by atoms with Crippen molar-refractivity contribution in [1.82, 2.24) is 16.0 Å². The lowest BCUT2D eigenvalue weighted by atomic mass is 10.0. The van der Waals surface area contributed by atoms with Crippen LogP contribution in [0.25, 0.3) is 0 Å². The third kappa shape index (κ3) is 14.9. The molecule has 0 aromatic heterocycles. The normalized spacial score (nSPS) is 13.0. The highest BCUT2D eigenvalue weighted by molar-refractivity contribution is 5.88. The number of carbonyl (C=O) groups is 5. The molecule has 2 aromatic carbocycles. The van der Waals surface area contributed by atoms with Gasteiger partial charge in [0, 0.05) is 6.54 Å². The SMILES string of the molecule is CC[C@H](NC(=O)OC(C)(C)C)C(OC(=O)[C@H](CC(C)C)NC(=O)OCc1ccccc1)C(=O)NCCC(=O)OCc1ccccc1. The zero-order valence-corrected chi connectivity index (χ0v) is 27.5. The number of hydrogen-bond acceptors (Lipinski definition) is 9. The minimum Gasteiger partial charge on any atom is -0.461 e. The number of nitrogens with one attached hydrogen (secondary N) is 3. The van der Waals surface area contributed by atoms with Crippen LogP contribution in [0.15, 0.2) is 60.7 Å². The van der Waals surface area contributed by atoms with Crippen LogP contribution >= 0.6 is 0 Å². The molecule has 0 aliphatic carbocycles. The first-order valence-electron chi connectivity index (χ1n) is 15.4. The lowest BCUT2D eigenvalue weighted by Gasteiger charge is -2.29. The van der Waals surface area contributed by atoms with E-state index >= 15 is 0 Å². The molecule has 0 heterocycles. The highest BCUT2D eigenvalue weighted by Crippen LogP contribution is 2.14. The molecule has 0 aliphatic heterocycles. The Morgan fingerprint density at radius 3 is 1.87 bits per heavy atom. The molecule has 0 spiro atoms. The van der Waals surface area contributed by atoms with Gasteiger partial charge in [-0.05, 0) is 50.7 Å². The van der Waals surface area contributed by atoms with E-state index in [9.17, 15) is 24.0 Å². The van der Waals surface area contributed by atoms with Crippen molar-refractivity contribution in [3.8, 4) is 0 Å². The van der Waals surface area contributed by atoms with Gasteiger partial charge in [-0.2, -0.15) is 0 Å². The van der Waals surface area contributed by atoms with Gasteiger partial charge in [-0.3, -0.25) is 9.59 Å². The van der Waals surface area contributed by atoms with E-state index < -0.39 is 53.8 Å². The Morgan fingerprint density at radius 2 is 1.35 bits per heavy atom. The van der Waals surface area contributed by atoms with Crippen LogP contribution in [0.4, 0.5) is 9.59 Å². The number of ether oxygens (including phenoxy) is 4. The summed E-state index contributed by atoms with van der Waals surface area (Å²) >= 11 is 0. The van der Waals surface area contributed by atoms with E-state index in [4.69, 9.17) is 18.9 Å². The maximum atomic E-state index is 13.4. The Kier molecular flexibility index (Phi) is 15.5. The van der Waals surface area contributed by atoms with Crippen LogP contribution in [-0.2, 0) is 46.5 Å². The summed E-state index contributed by atoms with van der Waals surface area (Å²) in [6.07, 6.45) is -2.91. The van der Waals surface area contributed by atoms with Gasteiger partial charge in [-0.15, -0.1) is 0 Å². The largest absolute Gasteiger partial charge is 0.461 e. The van der Waals surface area contributed by atoms with Crippen LogP contribution in [0.3, 0.4) is 0 Å². The quantitative estimate of drug-likeness (QED) is 0.173. The Hall–Kier alpha value is -4.61. The fourth-order valence-electron chi connectivity index (χ4n) is 4.17. The summed E-state index contributed by atoms with van der Waals surface area (Å²) < 4.78 is 21.6. The van der Waals surface area contributed by atoms with Crippen molar-refractivity contribution in [2.24, 2.45) is 5.92 Å². The van der Waals surface area contributed by atoms with E-state index in [-0.39, 0.29) is 44.9 Å². The van der Waals surface area contributed by atoms with Crippen LogP contribution < -0.4 is 16.0 Å². The highest BCUT2D eigenvalue weighted by Gasteiger charge is 2.36. The zero-order chi connectivity index (χ0) is 34.1. The first-order valence-corrected chi connectivity index (χ1v) is 15.4. The van der Waals surface area contributed by atoms with E-state index in [1.165, 1.54) is 0 Å². The number of rotatable bonds is 16. The number of hydrogen-bond donors (Lipinski definition) is 3. The van der Waals surface area contributed by atoms with Crippen molar-refractivity contribution in [3.63, 3.8) is 0 Å². The minimum absolute atomic E-state index is 0.00729. The monoisotopic (exact) mass is 641 g/mol. The van der Waals surface area contributed by atoms with Crippen molar-refractivity contribution in [2.45, 2.75) is 97.8 Å². The smallest absolute Gasteiger partial charge is 0.408 e. The first-order chi connectivity index (χ1) is 21.8. The standard InChI is InChI=1S/C34H47N3O9/c1-7-26(36-33(42)46-34(4,5)6)29(30(39)35-19-18-28(38)43-21-24-14-10-8-11-15-24)45-31(40)27(20-23(2)3)37-32(41)44-22-25-16-12-9-13-17-25/h8-17,23,26-27,29H,7,18-22H2,1-6H3,(H,35,39)(H,36,42)(H,37,41)/t26-,27-,29?/m0/s1. The summed E-state index contributed by atoms with van der Waals surface area (Å²) in [7, 11) is 0. The van der Waals surface area contributed by atoms with Gasteiger partial charge in [0.2, 0.25) is 0 Å². The summed E-state index contributed by atoms with van der Waals surface area (Å²) in [5.74, 6) is -2.21. The van der Waals surface area contributed by atoms with E-state index in [0.717, 1.165) is 11.1 Å². The maximum absolute atomic E-state index is 13.4. The van der Waals surface area contributed by atoms with Crippen LogP contribution in [0, 0.1) is 5.92 Å². The van der Waals surface area contributed by atoms with Crippen molar-refractivity contribution >= 4 is 30.0 Å². The van der Waals surface area contributed by atoms with E-state index in [2.05, 4.69) is 16.0 Å². The number of esters is 2. The Labute approximate surface area is 270 Å². The summed E-state index contributed by atoms with van der Waals surface area (Å²) in [5.41, 5.74) is 0.767. The Bertz CT molecular complexity index is 1260. The van der Waals surface area contributed by atoms with Crippen molar-refractivity contribution in [1.29, 1.82) is 0 Å². The van der Waals surface area contributed by atoms with E-state index in [1.54, 1.807) is 39.8 Å². The number of carbonyl (C=O) groups excluding carboxylic acids is 5. The van der Waals surface area contributed by atoms with Gasteiger partial charge in [-0.1, -0.05) is 81.4 Å². The second kappa shape index (κ2) is 19.0. The fourth-order valence-corrected chi connectivity index (χ4v) is 4.17. The Morgan fingerprint density at radius 1 is 0.783 bits per heavy atom. The molecule has 46 heavy (non-hydrogen) atoms. The average molecular weight is 642 g/mol. The predicted molar refractivity (Wildman–Crippen MR) is 170 cm³/mol. The fraction of sp³-hybridized carbons (Fsp3) is 0.500. The molecule has 3 atom stereocenters. The van der Waals surface area contributed by atoms with Gasteiger partial charge in [0.25, 0.3) is 5.91 Å². The molecular weight excluding hydrogens is 594 g/mol. The van der Waals surface area contributed by atoms with Crippen LogP contribution in [0.1, 0.15) is 71.9 Å². The van der Waals surface area contributed by atoms with Gasteiger partial charge in [0.05, 0.1) is 12.5 Å². The topological polar surface area (TPSA) is 158 Å². The number of alkyl carbamates (subject to hydrolysis) is 2. The molecule has 0 aliphatic rings. The predicted octanol–water partition coefficient (Wildman–Crippen LogP) is 4.79. The average Bonchev–Trinajstić information content (AvgIpc) is 3.00. The van der Waals surface area contributed by atoms with Crippen molar-refractivity contribution in [3.05, 3.63) is 71.8 Å². The van der Waals surface area contributed by atoms with E-state index in [0.29, 0.717) is 0 Å². The molecule has 252 valence electrons. The number of amides is 3. The Balaban J connectivity index is 2.11. The minimum atomic E-state index is -1.51. The molecule has 12 nitrogen and oxygen atoms in total. The van der Waals surface area contributed by atoms with Gasteiger partial charge < -0.3 is 34.9 Å². The molecule has 2 aromatic rings. The molecule has 12 heteroatoms. The van der Waals surface area contributed by atoms with Crippen molar-refractivity contribution < 1.29 is 42.9 Å². The maximum Gasteiger partial charge on any atom is 0.408 e. The second-order valence-corrected chi connectivity index (χ2v) is 12.1. The van der Waals surface area contributed by atoms with Crippen LogP contribution in [0.2, 0.25) is 0 Å². The van der Waals surface area contributed by atoms with Gasteiger partial charge in [0.15, 0.2) is 6.10 Å². The molecule has 1 unspecified atom stereocenters. The molecule has 0 saturated heterocycles. The third-order valence-electron chi connectivity index (χ3n) is 6.38. The molecule has 0 radical (unpaired) electrons. The lowest BCUT2D eigenvalue weighted by Crippen LogP contribution is -2.55. The summed E-state index contributed by atoms with van der Waals surface area (Å²) in [5, 5.41) is 7.73. The molecule has 2 rings (SSSR count). The molecule has 0 bridgehead atoms. The number of benzene rings is 2. The molecule has 3 amide bonds. The van der Waals surface area contributed by atoms with Gasteiger partial charge >= 0.3 is 24.1 Å². The molecule has 0 fully saturated rings. The second-order valence-electron chi connectivity index (χ2n) is 12.1. The van der Waals surface area contributed by atoms with Crippen LogP contribution in [-0.4, -0.2) is 60.4 Å². The van der Waals surface area contributed by atoms with Crippen LogP contribution in [0.5, 0.6) is 0 Å². The molecule has 0 saturated carbocycles. The first kappa shape index (κ1) is 37.6. The van der Waals surface area contributed by atoms with Crippen molar-refractivity contribution in [2.75, 3.05) is 6.54 Å². The van der Waals surface area contributed by atoms with E-state index in [1.807, 2.05) is 62.4 Å². The molecular formula is C34H47N3O9. The summed E-state index contributed by atoms with van der Waals surface area (Å²) in [6.45, 7) is 10.4. The van der Waals surface area contributed by atoms with Gasteiger partial charge in [-0.25, -0.2) is 14.4 Å². The molecule has 3 N–H and O–H groups in total. The van der Waals surface area contributed by atoms with Gasteiger partial charge in [0.1, 0.15) is 24.9 Å².